The van der Waals surface area contributed by atoms with Crippen LogP contribution in [0.3, 0.4) is 0 Å². The highest BCUT2D eigenvalue weighted by Gasteiger charge is 2.41. The fourth-order valence-electron chi connectivity index (χ4n) is 9.96. The summed E-state index contributed by atoms with van der Waals surface area (Å²) < 4.78 is 10.5. The third kappa shape index (κ3) is 16.6. The van der Waals surface area contributed by atoms with Crippen molar-refractivity contribution >= 4 is 104 Å². The summed E-state index contributed by atoms with van der Waals surface area (Å²) in [5.41, 5.74) is 5.94. The average molecular weight is 1200 g/mol. The van der Waals surface area contributed by atoms with Crippen LogP contribution in [-0.4, -0.2) is 139 Å². The standard InChI is InChI=1S/C31H32Cl2N4O4S.C30H34ClN3O4S/c1-41-23-6-7-27-25(16-23)21(18-35-27)8-11-34-29(38)17-28-31(40)36(12-9-20-4-5-22(32)15-26(20)33)19-30(39)37(28)13-10-24-3-2-14-42-24;1-21-5-8-23(26(31)18-21)12-15-33-20-29(36)34(16-13-25-4-3-17-39-25)27(30(33)37)19-28(35)32-14-11-22-6-9-24(38-2)10-7-22/h2-7,14-16,18,28,35H,8-13,17,19H2,1H3,(H,34,38);3-10,17-18,27H,11-16,19-20H2,1-2H3,(H,32,35). The molecule has 0 saturated carbocycles. The predicted octanol–water partition coefficient (Wildman–Crippen LogP) is 9.41. The van der Waals surface area contributed by atoms with Crippen LogP contribution in [0.15, 0.2) is 120 Å². The fraction of sp³-hybridized carbons (Fsp3) is 0.344. The number of amides is 6. The largest absolute Gasteiger partial charge is 0.497 e. The van der Waals surface area contributed by atoms with Gasteiger partial charge in [-0.3, -0.25) is 28.8 Å². The minimum Gasteiger partial charge on any atom is -0.497 e. The Balaban J connectivity index is 0.000000213. The van der Waals surface area contributed by atoms with Crippen molar-refractivity contribution in [3.05, 3.63) is 173 Å². The van der Waals surface area contributed by atoms with E-state index in [9.17, 15) is 28.8 Å². The third-order valence-corrected chi connectivity index (χ3v) is 17.3. The molecule has 2 saturated heterocycles. The number of hydrogen-bond acceptors (Lipinski definition) is 10. The number of hydrogen-bond donors (Lipinski definition) is 3. The van der Waals surface area contributed by atoms with Gasteiger partial charge in [0.15, 0.2) is 0 Å². The molecule has 5 heterocycles. The molecule has 6 amide bonds. The lowest BCUT2D eigenvalue weighted by Crippen LogP contribution is -2.61. The van der Waals surface area contributed by atoms with Gasteiger partial charge in [0.1, 0.15) is 23.6 Å². The molecule has 0 spiro atoms. The number of carbonyl (C=O) groups excluding carboxylic acids is 6. The Hall–Kier alpha value is -6.89. The van der Waals surface area contributed by atoms with E-state index in [1.54, 1.807) is 63.7 Å². The lowest BCUT2D eigenvalue weighted by molar-refractivity contribution is -0.157. The van der Waals surface area contributed by atoms with Gasteiger partial charge in [-0.15, -0.1) is 22.7 Å². The number of rotatable bonds is 24. The molecular weight excluding hydrogens is 1130 g/mol. The maximum absolute atomic E-state index is 13.7. The van der Waals surface area contributed by atoms with E-state index in [1.165, 1.54) is 4.90 Å². The highest BCUT2D eigenvalue weighted by atomic mass is 35.5. The van der Waals surface area contributed by atoms with E-state index in [-0.39, 0.29) is 61.4 Å². The Morgan fingerprint density at radius 1 is 0.593 bits per heavy atom. The number of halogens is 3. The highest BCUT2D eigenvalue weighted by molar-refractivity contribution is 7.10. The minimum atomic E-state index is -0.871. The van der Waals surface area contributed by atoms with E-state index < -0.39 is 12.1 Å². The third-order valence-electron chi connectivity index (χ3n) is 14.5. The Bertz CT molecular complexity index is 3280. The zero-order chi connectivity index (χ0) is 57.4. The first-order valence-electron chi connectivity index (χ1n) is 26.9. The molecule has 3 N–H and O–H groups in total. The van der Waals surface area contributed by atoms with Crippen molar-refractivity contribution in [2.24, 2.45) is 0 Å². The molecule has 2 unspecified atom stereocenters. The first-order chi connectivity index (χ1) is 39.2. The van der Waals surface area contributed by atoms with E-state index in [1.807, 2.05) is 115 Å². The number of methoxy groups -OCH3 is 2. The van der Waals surface area contributed by atoms with Crippen molar-refractivity contribution < 1.29 is 38.2 Å². The summed E-state index contributed by atoms with van der Waals surface area (Å²) in [6, 6.07) is 30.8. The number of thiophene rings is 2. The number of H-pyrrole nitrogens is 1. The van der Waals surface area contributed by atoms with Crippen molar-refractivity contribution in [1.82, 2.24) is 35.2 Å². The normalized spacial score (nSPS) is 15.5. The van der Waals surface area contributed by atoms with Crippen LogP contribution in [0, 0.1) is 6.92 Å². The molecule has 20 heteroatoms. The summed E-state index contributed by atoms with van der Waals surface area (Å²) in [4.78, 5) is 91.7. The van der Waals surface area contributed by atoms with Gasteiger partial charge in [0, 0.05) is 81.2 Å². The van der Waals surface area contributed by atoms with E-state index >= 15 is 0 Å². The molecule has 0 bridgehead atoms. The maximum atomic E-state index is 13.7. The zero-order valence-corrected chi connectivity index (χ0v) is 49.4. The van der Waals surface area contributed by atoms with Gasteiger partial charge < -0.3 is 44.7 Å². The topological polar surface area (TPSA) is 174 Å². The van der Waals surface area contributed by atoms with Crippen LogP contribution in [0.2, 0.25) is 15.1 Å². The van der Waals surface area contributed by atoms with Crippen LogP contribution in [0.1, 0.15) is 50.4 Å². The van der Waals surface area contributed by atoms with Gasteiger partial charge in [-0.05, 0) is 145 Å². The van der Waals surface area contributed by atoms with E-state index in [2.05, 4.69) is 15.6 Å². The van der Waals surface area contributed by atoms with Crippen LogP contribution < -0.4 is 20.1 Å². The number of aromatic nitrogens is 1. The zero-order valence-electron chi connectivity index (χ0n) is 45.5. The van der Waals surface area contributed by atoms with Gasteiger partial charge in [-0.2, -0.15) is 0 Å². The summed E-state index contributed by atoms with van der Waals surface area (Å²) >= 11 is 22.0. The Labute approximate surface area is 495 Å². The number of benzene rings is 4. The number of aryl methyl sites for hydroxylation is 1. The smallest absolute Gasteiger partial charge is 0.246 e. The van der Waals surface area contributed by atoms with Gasteiger partial charge in [-0.25, -0.2) is 0 Å². The van der Waals surface area contributed by atoms with E-state index in [0.717, 1.165) is 60.0 Å². The molecule has 2 atom stereocenters. The monoisotopic (exact) mass is 1190 g/mol. The first kappa shape index (κ1) is 60.2. The minimum absolute atomic E-state index is 0.00232. The van der Waals surface area contributed by atoms with Gasteiger partial charge in [-0.1, -0.05) is 77.3 Å². The lowest BCUT2D eigenvalue weighted by atomic mass is 10.0. The maximum Gasteiger partial charge on any atom is 0.246 e. The molecular formula is C61H66Cl3N7O8S2. The van der Waals surface area contributed by atoms with E-state index in [4.69, 9.17) is 44.3 Å². The molecule has 15 nitrogen and oxygen atoms in total. The quantitative estimate of drug-likeness (QED) is 0.0537. The Kier molecular flexibility index (Phi) is 21.7. The van der Waals surface area contributed by atoms with Crippen molar-refractivity contribution in [2.75, 3.05) is 66.6 Å². The van der Waals surface area contributed by atoms with Crippen LogP contribution in [0.25, 0.3) is 10.9 Å². The SMILES string of the molecule is COc1ccc(CCNC(=O)CC2C(=O)N(CCc3ccc(C)cc3Cl)CC(=O)N2CCc2cccs2)cc1.COc1ccc2[nH]cc(CCNC(=O)CC3C(=O)N(CCc4ccc(Cl)cc4Cl)CC(=O)N3CCc3cccs3)c2c1. The second-order valence-electron chi connectivity index (χ2n) is 19.9. The molecule has 0 aliphatic carbocycles. The Morgan fingerprint density at radius 3 is 1.64 bits per heavy atom. The molecule has 2 aliphatic heterocycles. The second kappa shape index (κ2) is 29.2. The number of carbonyl (C=O) groups is 6. The molecule has 2 fully saturated rings. The summed E-state index contributed by atoms with van der Waals surface area (Å²) in [6.07, 6.45) is 5.29. The van der Waals surface area contributed by atoms with Crippen molar-refractivity contribution in [2.45, 2.75) is 70.4 Å². The van der Waals surface area contributed by atoms with Crippen LogP contribution in [-0.2, 0) is 67.3 Å². The number of nitrogens with one attached hydrogen (secondary N) is 3. The highest BCUT2D eigenvalue weighted by Crippen LogP contribution is 2.27. The number of nitrogens with zero attached hydrogens (tertiary/aromatic N) is 4. The van der Waals surface area contributed by atoms with Crippen LogP contribution >= 0.6 is 57.5 Å². The van der Waals surface area contributed by atoms with Gasteiger partial charge in [0.25, 0.3) is 0 Å². The molecule has 81 heavy (non-hydrogen) atoms. The van der Waals surface area contributed by atoms with Gasteiger partial charge in [0.05, 0.1) is 40.2 Å². The molecule has 3 aromatic heterocycles. The second-order valence-corrected chi connectivity index (χ2v) is 23.2. The summed E-state index contributed by atoms with van der Waals surface area (Å²) in [5, 5.41) is 12.6. The van der Waals surface area contributed by atoms with Crippen molar-refractivity contribution in [1.29, 1.82) is 0 Å². The van der Waals surface area contributed by atoms with Crippen molar-refractivity contribution in [3.8, 4) is 11.5 Å². The van der Waals surface area contributed by atoms with E-state index in [0.29, 0.717) is 92.9 Å². The lowest BCUT2D eigenvalue weighted by Gasteiger charge is -2.40. The molecule has 0 radical (unpaired) electrons. The summed E-state index contributed by atoms with van der Waals surface area (Å²) in [5.74, 6) is 0.273. The fourth-order valence-corrected chi connectivity index (χ4v) is 12.2. The predicted molar refractivity (Wildman–Crippen MR) is 321 cm³/mol. The number of aromatic amines is 1. The molecule has 2 aliphatic rings. The average Bonchev–Trinajstić information content (AvgIpc) is 4.41. The Morgan fingerprint density at radius 2 is 1.12 bits per heavy atom. The number of piperazine rings is 2. The van der Waals surface area contributed by atoms with Crippen LogP contribution in [0.5, 0.6) is 11.5 Å². The molecule has 426 valence electrons. The number of fused-ring (bicyclic) bond motifs is 1. The number of ether oxygens (including phenoxy) is 2. The van der Waals surface area contributed by atoms with Gasteiger partial charge >= 0.3 is 0 Å². The van der Waals surface area contributed by atoms with Gasteiger partial charge in [0.2, 0.25) is 35.4 Å². The molecule has 7 aromatic rings. The summed E-state index contributed by atoms with van der Waals surface area (Å²) in [6.45, 7) is 4.22. The molecule has 4 aromatic carbocycles. The molecule has 9 rings (SSSR count). The summed E-state index contributed by atoms with van der Waals surface area (Å²) in [7, 11) is 3.25. The van der Waals surface area contributed by atoms with Crippen molar-refractivity contribution in [3.63, 3.8) is 0 Å². The van der Waals surface area contributed by atoms with Crippen LogP contribution in [0.4, 0.5) is 0 Å². The first-order valence-corrected chi connectivity index (χ1v) is 29.8.